The van der Waals surface area contributed by atoms with Crippen LogP contribution in [0.25, 0.3) is 0 Å². The fourth-order valence-corrected chi connectivity index (χ4v) is 1.84. The van der Waals surface area contributed by atoms with Crippen LogP contribution in [0, 0.1) is 18.3 Å². The number of ether oxygens (including phenoxy) is 1. The number of rotatable bonds is 6. The Morgan fingerprint density at radius 2 is 2.00 bits per heavy atom. The number of nitriles is 1. The molecule has 0 aliphatic heterocycles. The molecular formula is C16H18N4O. The third-order valence-corrected chi connectivity index (χ3v) is 3.00. The van der Waals surface area contributed by atoms with Crippen LogP contribution in [0.5, 0.6) is 11.6 Å². The van der Waals surface area contributed by atoms with Crippen LogP contribution in [0.2, 0.25) is 0 Å². The van der Waals surface area contributed by atoms with E-state index in [4.69, 9.17) is 10.00 Å². The normalized spacial score (nSPS) is 9.95. The highest BCUT2D eigenvalue weighted by Gasteiger charge is 2.08. The van der Waals surface area contributed by atoms with Gasteiger partial charge in [0.15, 0.2) is 0 Å². The van der Waals surface area contributed by atoms with Crippen molar-refractivity contribution in [3.63, 3.8) is 0 Å². The smallest absolute Gasteiger partial charge is 0.227 e. The van der Waals surface area contributed by atoms with Crippen LogP contribution in [0.4, 0.5) is 5.82 Å². The predicted octanol–water partition coefficient (Wildman–Crippen LogP) is 3.47. The molecule has 2 aromatic rings. The standard InChI is InChI=1S/C16H18N4O/c1-3-10-18-15-12(2)16(20-11-19-15)21-14-6-4-13(5-7-14)8-9-17/h4-7,11H,3,8,10H2,1-2H3,(H,18,19,20). The largest absolute Gasteiger partial charge is 0.439 e. The quantitative estimate of drug-likeness (QED) is 0.878. The Morgan fingerprint density at radius 3 is 2.67 bits per heavy atom. The van der Waals surface area contributed by atoms with E-state index in [1.807, 2.05) is 31.2 Å². The summed E-state index contributed by atoms with van der Waals surface area (Å²) in [6.07, 6.45) is 2.92. The third kappa shape index (κ3) is 3.93. The lowest BCUT2D eigenvalue weighted by molar-refractivity contribution is 0.457. The summed E-state index contributed by atoms with van der Waals surface area (Å²) in [6, 6.07) is 9.56. The summed E-state index contributed by atoms with van der Waals surface area (Å²) in [6.45, 7) is 4.89. The molecule has 0 saturated carbocycles. The molecule has 0 atom stereocenters. The molecule has 0 spiro atoms. The monoisotopic (exact) mass is 282 g/mol. The highest BCUT2D eigenvalue weighted by atomic mass is 16.5. The lowest BCUT2D eigenvalue weighted by atomic mass is 10.2. The van der Waals surface area contributed by atoms with E-state index in [2.05, 4.69) is 28.3 Å². The van der Waals surface area contributed by atoms with Crippen molar-refractivity contribution in [3.8, 4) is 17.7 Å². The molecule has 5 nitrogen and oxygen atoms in total. The highest BCUT2D eigenvalue weighted by molar-refractivity contribution is 5.48. The van der Waals surface area contributed by atoms with Crippen LogP contribution in [0.3, 0.4) is 0 Å². The van der Waals surface area contributed by atoms with Crippen molar-refractivity contribution >= 4 is 5.82 Å². The number of nitrogens with zero attached hydrogens (tertiary/aromatic N) is 3. The van der Waals surface area contributed by atoms with Crippen molar-refractivity contribution in [3.05, 3.63) is 41.7 Å². The van der Waals surface area contributed by atoms with E-state index in [0.29, 0.717) is 18.1 Å². The molecule has 1 heterocycles. The van der Waals surface area contributed by atoms with Gasteiger partial charge in [-0.25, -0.2) is 9.97 Å². The molecule has 0 aliphatic rings. The molecule has 1 aromatic heterocycles. The van der Waals surface area contributed by atoms with E-state index in [0.717, 1.165) is 29.9 Å². The molecule has 0 saturated heterocycles. The fourth-order valence-electron chi connectivity index (χ4n) is 1.84. The summed E-state index contributed by atoms with van der Waals surface area (Å²) in [5.74, 6) is 2.03. The molecule has 1 aromatic carbocycles. The molecule has 21 heavy (non-hydrogen) atoms. The first-order chi connectivity index (χ1) is 10.2. The third-order valence-electron chi connectivity index (χ3n) is 3.00. The molecule has 0 amide bonds. The van der Waals surface area contributed by atoms with E-state index in [1.165, 1.54) is 6.33 Å². The Labute approximate surface area is 124 Å². The zero-order valence-electron chi connectivity index (χ0n) is 12.3. The molecule has 5 heteroatoms. The van der Waals surface area contributed by atoms with Gasteiger partial charge in [-0.3, -0.25) is 0 Å². The number of anilines is 1. The molecule has 108 valence electrons. The van der Waals surface area contributed by atoms with E-state index in [1.54, 1.807) is 0 Å². The Bertz CT molecular complexity index is 632. The van der Waals surface area contributed by atoms with Crippen LogP contribution < -0.4 is 10.1 Å². The van der Waals surface area contributed by atoms with Gasteiger partial charge >= 0.3 is 0 Å². The van der Waals surface area contributed by atoms with Gasteiger partial charge in [0.1, 0.15) is 17.9 Å². The van der Waals surface area contributed by atoms with Crippen molar-refractivity contribution in [2.24, 2.45) is 0 Å². The van der Waals surface area contributed by atoms with Crippen molar-refractivity contribution in [1.82, 2.24) is 9.97 Å². The fraction of sp³-hybridized carbons (Fsp3) is 0.312. The van der Waals surface area contributed by atoms with E-state index in [9.17, 15) is 0 Å². The van der Waals surface area contributed by atoms with Gasteiger partial charge in [-0.05, 0) is 31.0 Å². The Morgan fingerprint density at radius 1 is 1.24 bits per heavy atom. The van der Waals surface area contributed by atoms with Crippen molar-refractivity contribution in [2.45, 2.75) is 26.7 Å². The number of hydrogen-bond donors (Lipinski definition) is 1. The minimum absolute atomic E-state index is 0.401. The molecule has 0 fully saturated rings. The lowest BCUT2D eigenvalue weighted by Crippen LogP contribution is -2.05. The van der Waals surface area contributed by atoms with Crippen LogP contribution >= 0.6 is 0 Å². The maximum Gasteiger partial charge on any atom is 0.227 e. The van der Waals surface area contributed by atoms with Gasteiger partial charge in [0.25, 0.3) is 0 Å². The first-order valence-corrected chi connectivity index (χ1v) is 6.93. The van der Waals surface area contributed by atoms with Gasteiger partial charge in [-0.1, -0.05) is 19.1 Å². The molecule has 2 rings (SSSR count). The second kappa shape index (κ2) is 7.25. The average Bonchev–Trinajstić information content (AvgIpc) is 2.50. The van der Waals surface area contributed by atoms with Gasteiger partial charge in [0.05, 0.1) is 18.1 Å². The zero-order chi connectivity index (χ0) is 15.1. The predicted molar refractivity (Wildman–Crippen MR) is 81.4 cm³/mol. The van der Waals surface area contributed by atoms with Gasteiger partial charge in [-0.15, -0.1) is 0 Å². The Kier molecular flexibility index (Phi) is 5.10. The second-order valence-electron chi connectivity index (χ2n) is 4.66. The summed E-state index contributed by atoms with van der Waals surface area (Å²) >= 11 is 0. The van der Waals surface area contributed by atoms with Gasteiger partial charge < -0.3 is 10.1 Å². The minimum atomic E-state index is 0.401. The molecule has 0 bridgehead atoms. The SMILES string of the molecule is CCCNc1ncnc(Oc2ccc(CC#N)cc2)c1C. The summed E-state index contributed by atoms with van der Waals surface area (Å²) in [5.41, 5.74) is 1.85. The maximum atomic E-state index is 8.66. The van der Waals surface area contributed by atoms with Crippen LogP contribution in [-0.2, 0) is 6.42 Å². The summed E-state index contributed by atoms with van der Waals surface area (Å²) < 4.78 is 5.79. The summed E-state index contributed by atoms with van der Waals surface area (Å²) in [5, 5.41) is 11.9. The van der Waals surface area contributed by atoms with Gasteiger partial charge in [0, 0.05) is 6.54 Å². The lowest BCUT2D eigenvalue weighted by Gasteiger charge is -2.11. The number of hydrogen-bond acceptors (Lipinski definition) is 5. The van der Waals surface area contributed by atoms with Crippen molar-refractivity contribution < 1.29 is 4.74 Å². The number of aromatic nitrogens is 2. The maximum absolute atomic E-state index is 8.66. The van der Waals surface area contributed by atoms with E-state index >= 15 is 0 Å². The molecule has 0 aliphatic carbocycles. The minimum Gasteiger partial charge on any atom is -0.439 e. The number of benzene rings is 1. The Hall–Kier alpha value is -2.61. The topological polar surface area (TPSA) is 70.8 Å². The second-order valence-corrected chi connectivity index (χ2v) is 4.66. The molecule has 0 unspecified atom stereocenters. The van der Waals surface area contributed by atoms with Crippen LogP contribution in [-0.4, -0.2) is 16.5 Å². The Balaban J connectivity index is 2.13. The van der Waals surface area contributed by atoms with E-state index in [-0.39, 0.29) is 0 Å². The molecule has 0 radical (unpaired) electrons. The van der Waals surface area contributed by atoms with Gasteiger partial charge in [0.2, 0.25) is 5.88 Å². The summed E-state index contributed by atoms with van der Waals surface area (Å²) in [7, 11) is 0. The average molecular weight is 282 g/mol. The highest BCUT2D eigenvalue weighted by Crippen LogP contribution is 2.26. The zero-order valence-corrected chi connectivity index (χ0v) is 12.3. The van der Waals surface area contributed by atoms with E-state index < -0.39 is 0 Å². The first-order valence-electron chi connectivity index (χ1n) is 6.93. The van der Waals surface area contributed by atoms with Crippen LogP contribution in [0.15, 0.2) is 30.6 Å². The molecule has 1 N–H and O–H groups in total. The molecular weight excluding hydrogens is 264 g/mol. The first kappa shape index (κ1) is 14.8. The van der Waals surface area contributed by atoms with Crippen LogP contribution in [0.1, 0.15) is 24.5 Å². The van der Waals surface area contributed by atoms with Gasteiger partial charge in [-0.2, -0.15) is 5.26 Å². The van der Waals surface area contributed by atoms with Crippen molar-refractivity contribution in [2.75, 3.05) is 11.9 Å². The summed E-state index contributed by atoms with van der Waals surface area (Å²) in [4.78, 5) is 8.39. The van der Waals surface area contributed by atoms with Crippen molar-refractivity contribution in [1.29, 1.82) is 5.26 Å². The number of nitrogens with one attached hydrogen (secondary N) is 1.